The fourth-order valence-electron chi connectivity index (χ4n) is 1.74. The van der Waals surface area contributed by atoms with Gasteiger partial charge in [0.25, 0.3) is 5.91 Å². The minimum Gasteiger partial charge on any atom is -0.497 e. The maximum atomic E-state index is 12.4. The number of nitrogens with one attached hydrogen (secondary N) is 1. The van der Waals surface area contributed by atoms with Gasteiger partial charge in [-0.05, 0) is 25.0 Å². The van der Waals surface area contributed by atoms with Gasteiger partial charge in [0.2, 0.25) is 0 Å². The van der Waals surface area contributed by atoms with Gasteiger partial charge in [0, 0.05) is 12.6 Å². The molecule has 0 aliphatic rings. The van der Waals surface area contributed by atoms with Crippen LogP contribution in [0.5, 0.6) is 11.5 Å². The number of rotatable bonds is 6. The second kappa shape index (κ2) is 6.61. The third kappa shape index (κ3) is 3.42. The molecule has 112 valence electrons. The molecule has 0 fully saturated rings. The number of hydrogen-bond donors (Lipinski definition) is 2. The first-order chi connectivity index (χ1) is 9.37. The maximum Gasteiger partial charge on any atom is 0.255 e. The van der Waals surface area contributed by atoms with E-state index in [9.17, 15) is 4.79 Å². The second-order valence-electron chi connectivity index (χ2n) is 5.30. The van der Waals surface area contributed by atoms with Crippen molar-refractivity contribution in [2.24, 2.45) is 11.7 Å². The molecule has 5 heteroatoms. The molecule has 1 unspecified atom stereocenters. The van der Waals surface area contributed by atoms with Gasteiger partial charge in [0.15, 0.2) is 0 Å². The monoisotopic (exact) mass is 280 g/mol. The molecule has 0 aliphatic heterocycles. The standard InChI is InChI=1S/C15H24N2O3/c1-10(2)15(3,9-16)17-14(18)12-7-6-11(19-4)8-13(12)20-5/h6-8,10H,9,16H2,1-5H3,(H,17,18). The van der Waals surface area contributed by atoms with Crippen molar-refractivity contribution >= 4 is 5.91 Å². The van der Waals surface area contributed by atoms with Gasteiger partial charge in [-0.15, -0.1) is 0 Å². The summed E-state index contributed by atoms with van der Waals surface area (Å²) in [6, 6.07) is 5.10. The summed E-state index contributed by atoms with van der Waals surface area (Å²) in [6.45, 7) is 6.36. The van der Waals surface area contributed by atoms with Crippen LogP contribution < -0.4 is 20.5 Å². The maximum absolute atomic E-state index is 12.4. The zero-order valence-corrected chi connectivity index (χ0v) is 12.8. The molecule has 0 aromatic heterocycles. The number of ether oxygens (including phenoxy) is 2. The minimum atomic E-state index is -0.456. The first kappa shape index (κ1) is 16.3. The molecule has 0 bridgehead atoms. The van der Waals surface area contributed by atoms with Crippen LogP contribution in [-0.4, -0.2) is 32.2 Å². The van der Waals surface area contributed by atoms with Crippen LogP contribution >= 0.6 is 0 Å². The van der Waals surface area contributed by atoms with E-state index >= 15 is 0 Å². The lowest BCUT2D eigenvalue weighted by molar-refractivity contribution is 0.0880. The van der Waals surface area contributed by atoms with E-state index in [2.05, 4.69) is 5.32 Å². The van der Waals surface area contributed by atoms with Crippen LogP contribution in [0.25, 0.3) is 0 Å². The quantitative estimate of drug-likeness (QED) is 0.833. The number of carbonyl (C=O) groups excluding carboxylic acids is 1. The lowest BCUT2D eigenvalue weighted by Crippen LogP contribution is -2.55. The highest BCUT2D eigenvalue weighted by atomic mass is 16.5. The van der Waals surface area contributed by atoms with E-state index in [1.807, 2.05) is 20.8 Å². The molecular weight excluding hydrogens is 256 g/mol. The third-order valence-electron chi connectivity index (χ3n) is 3.75. The third-order valence-corrected chi connectivity index (χ3v) is 3.75. The van der Waals surface area contributed by atoms with Crippen molar-refractivity contribution in [1.82, 2.24) is 5.32 Å². The summed E-state index contributed by atoms with van der Waals surface area (Å²) in [5.74, 6) is 1.14. The van der Waals surface area contributed by atoms with E-state index in [1.54, 1.807) is 25.3 Å². The van der Waals surface area contributed by atoms with Gasteiger partial charge in [0.1, 0.15) is 11.5 Å². The van der Waals surface area contributed by atoms with Crippen LogP contribution in [0.15, 0.2) is 18.2 Å². The molecule has 0 saturated heterocycles. The fourth-order valence-corrected chi connectivity index (χ4v) is 1.74. The molecule has 1 aromatic carbocycles. The average molecular weight is 280 g/mol. The lowest BCUT2D eigenvalue weighted by Gasteiger charge is -2.33. The van der Waals surface area contributed by atoms with Crippen molar-refractivity contribution in [2.75, 3.05) is 20.8 Å². The largest absolute Gasteiger partial charge is 0.497 e. The molecule has 0 radical (unpaired) electrons. The summed E-state index contributed by atoms with van der Waals surface area (Å²) < 4.78 is 10.4. The molecule has 0 aliphatic carbocycles. The van der Waals surface area contributed by atoms with Gasteiger partial charge in [-0.25, -0.2) is 0 Å². The van der Waals surface area contributed by atoms with E-state index in [-0.39, 0.29) is 11.8 Å². The van der Waals surface area contributed by atoms with Gasteiger partial charge in [-0.2, -0.15) is 0 Å². The SMILES string of the molecule is COc1ccc(C(=O)NC(C)(CN)C(C)C)c(OC)c1. The van der Waals surface area contributed by atoms with Crippen molar-refractivity contribution in [3.05, 3.63) is 23.8 Å². The van der Waals surface area contributed by atoms with Crippen LogP contribution in [0.2, 0.25) is 0 Å². The van der Waals surface area contributed by atoms with Crippen LogP contribution in [0.4, 0.5) is 0 Å². The number of benzene rings is 1. The van der Waals surface area contributed by atoms with Gasteiger partial charge >= 0.3 is 0 Å². The smallest absolute Gasteiger partial charge is 0.255 e. The molecule has 20 heavy (non-hydrogen) atoms. The van der Waals surface area contributed by atoms with Gasteiger partial charge < -0.3 is 20.5 Å². The van der Waals surface area contributed by atoms with E-state index < -0.39 is 5.54 Å². The van der Waals surface area contributed by atoms with Crippen molar-refractivity contribution in [3.63, 3.8) is 0 Å². The van der Waals surface area contributed by atoms with Gasteiger partial charge in [0.05, 0.1) is 25.3 Å². The van der Waals surface area contributed by atoms with Crippen LogP contribution in [-0.2, 0) is 0 Å². The Kier molecular flexibility index (Phi) is 5.39. The second-order valence-corrected chi connectivity index (χ2v) is 5.30. The van der Waals surface area contributed by atoms with Crippen molar-refractivity contribution in [1.29, 1.82) is 0 Å². The Bertz CT molecular complexity index is 474. The topological polar surface area (TPSA) is 73.6 Å². The minimum absolute atomic E-state index is 0.203. The molecule has 1 amide bonds. The molecule has 0 saturated carbocycles. The predicted octanol–water partition coefficient (Wildman–Crippen LogP) is 1.81. The number of hydrogen-bond acceptors (Lipinski definition) is 4. The summed E-state index contributed by atoms with van der Waals surface area (Å²) in [4.78, 5) is 12.4. The van der Waals surface area contributed by atoms with Crippen LogP contribution in [0.1, 0.15) is 31.1 Å². The Labute approximate surface area is 120 Å². The Morgan fingerprint density at radius 1 is 1.35 bits per heavy atom. The fraction of sp³-hybridized carbons (Fsp3) is 0.533. The number of nitrogens with two attached hydrogens (primary N) is 1. The predicted molar refractivity (Wildman–Crippen MR) is 79.3 cm³/mol. The summed E-state index contributed by atoms with van der Waals surface area (Å²) in [5, 5.41) is 2.99. The highest BCUT2D eigenvalue weighted by molar-refractivity contribution is 5.97. The van der Waals surface area contributed by atoms with Crippen LogP contribution in [0, 0.1) is 5.92 Å². The Morgan fingerprint density at radius 2 is 2.00 bits per heavy atom. The Morgan fingerprint density at radius 3 is 2.45 bits per heavy atom. The molecular formula is C15H24N2O3. The molecule has 0 spiro atoms. The zero-order chi connectivity index (χ0) is 15.3. The molecule has 0 heterocycles. The average Bonchev–Trinajstić information content (AvgIpc) is 2.45. The van der Waals surface area contributed by atoms with Gasteiger partial charge in [-0.3, -0.25) is 4.79 Å². The Hall–Kier alpha value is -1.75. The summed E-state index contributed by atoms with van der Waals surface area (Å²) in [6.07, 6.45) is 0. The van der Waals surface area contributed by atoms with E-state index in [0.717, 1.165) is 0 Å². The van der Waals surface area contributed by atoms with Crippen molar-refractivity contribution < 1.29 is 14.3 Å². The molecule has 1 rings (SSSR count). The van der Waals surface area contributed by atoms with Crippen molar-refractivity contribution in [3.8, 4) is 11.5 Å². The molecule has 5 nitrogen and oxygen atoms in total. The molecule has 1 atom stereocenters. The summed E-state index contributed by atoms with van der Waals surface area (Å²) in [5.41, 5.74) is 5.79. The first-order valence-corrected chi connectivity index (χ1v) is 6.62. The summed E-state index contributed by atoms with van der Waals surface area (Å²) >= 11 is 0. The molecule has 1 aromatic rings. The number of methoxy groups -OCH3 is 2. The van der Waals surface area contributed by atoms with E-state index in [1.165, 1.54) is 7.11 Å². The Balaban J connectivity index is 3.03. The van der Waals surface area contributed by atoms with Gasteiger partial charge in [-0.1, -0.05) is 13.8 Å². The lowest BCUT2D eigenvalue weighted by atomic mass is 9.88. The highest BCUT2D eigenvalue weighted by Crippen LogP contribution is 2.25. The van der Waals surface area contributed by atoms with E-state index in [4.69, 9.17) is 15.2 Å². The van der Waals surface area contributed by atoms with Crippen molar-refractivity contribution in [2.45, 2.75) is 26.3 Å². The zero-order valence-electron chi connectivity index (χ0n) is 12.8. The highest BCUT2D eigenvalue weighted by Gasteiger charge is 2.29. The number of carbonyl (C=O) groups is 1. The molecule has 3 N–H and O–H groups in total. The van der Waals surface area contributed by atoms with E-state index in [0.29, 0.717) is 23.6 Å². The normalized spacial score (nSPS) is 13.8. The summed E-state index contributed by atoms with van der Waals surface area (Å²) in [7, 11) is 3.09. The number of amides is 1. The van der Waals surface area contributed by atoms with Crippen LogP contribution in [0.3, 0.4) is 0 Å². The first-order valence-electron chi connectivity index (χ1n) is 6.62.